The predicted octanol–water partition coefficient (Wildman–Crippen LogP) is 3.10. The fourth-order valence-electron chi connectivity index (χ4n) is 3.46. The smallest absolute Gasteiger partial charge is 0.340 e. The lowest BCUT2D eigenvalue weighted by Gasteiger charge is -2.13. The average molecular weight is 280 g/mol. The summed E-state index contributed by atoms with van der Waals surface area (Å²) in [5, 5.41) is 0. The van der Waals surface area contributed by atoms with E-state index in [1.807, 2.05) is 12.2 Å². The summed E-state index contributed by atoms with van der Waals surface area (Å²) in [7, 11) is 0. The Morgan fingerprint density at radius 1 is 1.05 bits per heavy atom. The van der Waals surface area contributed by atoms with E-state index in [2.05, 4.69) is 23.8 Å². The molecule has 0 spiro atoms. The van der Waals surface area contributed by atoms with Gasteiger partial charge in [0.25, 0.3) is 0 Å². The highest BCUT2D eigenvalue weighted by Gasteiger charge is 2.36. The number of hydrogen-bond acceptors (Lipinski definition) is 4. The Bertz CT molecular complexity index is 732. The summed E-state index contributed by atoms with van der Waals surface area (Å²) in [5.74, 6) is 0.915. The van der Waals surface area contributed by atoms with E-state index in [1.165, 1.54) is 0 Å². The molecule has 0 amide bonds. The van der Waals surface area contributed by atoms with Gasteiger partial charge in [-0.05, 0) is 24.5 Å². The molecule has 106 valence electrons. The van der Waals surface area contributed by atoms with E-state index in [0.717, 1.165) is 46.7 Å². The molecule has 0 saturated carbocycles. The van der Waals surface area contributed by atoms with Gasteiger partial charge in [-0.2, -0.15) is 0 Å². The van der Waals surface area contributed by atoms with Crippen LogP contribution in [-0.2, 0) is 9.53 Å². The first-order valence-electron chi connectivity index (χ1n) is 7.33. The molecule has 0 radical (unpaired) electrons. The summed E-state index contributed by atoms with van der Waals surface area (Å²) in [6, 6.07) is 0. The molecule has 4 aliphatic rings. The van der Waals surface area contributed by atoms with Crippen LogP contribution >= 0.6 is 0 Å². The van der Waals surface area contributed by atoms with Crippen LogP contribution in [-0.4, -0.2) is 17.4 Å². The predicted molar refractivity (Wildman–Crippen MR) is 80.9 cm³/mol. The number of aliphatic imine (C=N–C) groups is 2. The summed E-state index contributed by atoms with van der Waals surface area (Å²) >= 11 is 0. The maximum atomic E-state index is 12.6. The second kappa shape index (κ2) is 4.38. The largest absolute Gasteiger partial charge is 0.427 e. The minimum absolute atomic E-state index is 0.172. The highest BCUT2D eigenvalue weighted by Crippen LogP contribution is 2.38. The molecule has 4 heteroatoms. The maximum Gasteiger partial charge on any atom is 0.340 e. The summed E-state index contributed by atoms with van der Waals surface area (Å²) in [4.78, 5) is 21.2. The molecule has 2 heterocycles. The Balaban J connectivity index is 1.66. The number of esters is 1. The first-order valence-corrected chi connectivity index (χ1v) is 7.33. The molecule has 2 unspecified atom stereocenters. The van der Waals surface area contributed by atoms with Crippen LogP contribution in [0.1, 0.15) is 26.7 Å². The molecule has 0 bridgehead atoms. The molecule has 4 nitrogen and oxygen atoms in total. The first-order chi connectivity index (χ1) is 10.1. The average Bonchev–Trinajstić information content (AvgIpc) is 3.13. The summed E-state index contributed by atoms with van der Waals surface area (Å²) < 4.78 is 5.76. The molecule has 21 heavy (non-hydrogen) atoms. The van der Waals surface area contributed by atoms with Crippen molar-refractivity contribution in [3.63, 3.8) is 0 Å². The standard InChI is InChI=1S/C17H16N2O2/c1-9-7-13-11(3-5-18-13)15(9)17(20)21-16-10(2)8-14-12(16)4-6-19-14/h3-6,9-10H,7-8H2,1-2H3. The fourth-order valence-corrected chi connectivity index (χ4v) is 3.46. The van der Waals surface area contributed by atoms with E-state index < -0.39 is 0 Å². The number of nitrogens with zero attached hydrogens (tertiary/aromatic N) is 2. The number of allylic oxidation sites excluding steroid dienone is 5. The lowest BCUT2D eigenvalue weighted by Crippen LogP contribution is -2.14. The third-order valence-electron chi connectivity index (χ3n) is 4.48. The first kappa shape index (κ1) is 12.5. The van der Waals surface area contributed by atoms with Crippen LogP contribution in [0.2, 0.25) is 0 Å². The third kappa shape index (κ3) is 1.78. The van der Waals surface area contributed by atoms with Crippen molar-refractivity contribution in [3.05, 3.63) is 47.0 Å². The van der Waals surface area contributed by atoms with E-state index in [4.69, 9.17) is 4.74 Å². The van der Waals surface area contributed by atoms with Crippen molar-refractivity contribution in [3.8, 4) is 0 Å². The quantitative estimate of drug-likeness (QED) is 0.730. The Kier molecular flexibility index (Phi) is 2.61. The number of ether oxygens (including phenoxy) is 1. The SMILES string of the molecule is CC1CC2=NC=CC2=C1OC(=O)C1=C2C=CN=C2CC1C. The van der Waals surface area contributed by atoms with E-state index in [1.54, 1.807) is 12.4 Å². The summed E-state index contributed by atoms with van der Waals surface area (Å²) in [6.07, 6.45) is 9.04. The third-order valence-corrected chi connectivity index (χ3v) is 4.48. The molecule has 4 rings (SSSR count). The van der Waals surface area contributed by atoms with Crippen molar-refractivity contribution >= 4 is 17.4 Å². The van der Waals surface area contributed by atoms with Crippen molar-refractivity contribution in [1.82, 2.24) is 0 Å². The zero-order valence-corrected chi connectivity index (χ0v) is 12.1. The van der Waals surface area contributed by atoms with Crippen molar-refractivity contribution in [2.45, 2.75) is 26.7 Å². The van der Waals surface area contributed by atoms with Gasteiger partial charge in [-0.1, -0.05) is 13.8 Å². The van der Waals surface area contributed by atoms with Crippen LogP contribution < -0.4 is 0 Å². The van der Waals surface area contributed by atoms with Gasteiger partial charge in [-0.15, -0.1) is 0 Å². The van der Waals surface area contributed by atoms with Gasteiger partial charge in [0, 0.05) is 47.2 Å². The summed E-state index contributed by atoms with van der Waals surface area (Å²) in [5.41, 5.74) is 4.75. The molecule has 0 saturated heterocycles. The van der Waals surface area contributed by atoms with Gasteiger partial charge < -0.3 is 4.74 Å². The van der Waals surface area contributed by atoms with Gasteiger partial charge in [-0.3, -0.25) is 9.98 Å². The fraction of sp³-hybridized carbons (Fsp3) is 0.353. The molecular weight excluding hydrogens is 264 g/mol. The Labute approximate surface area is 123 Å². The van der Waals surface area contributed by atoms with Gasteiger partial charge in [0.15, 0.2) is 0 Å². The molecule has 0 aromatic rings. The van der Waals surface area contributed by atoms with Gasteiger partial charge in [0.1, 0.15) is 5.76 Å². The molecule has 0 fully saturated rings. The second-order valence-corrected chi connectivity index (χ2v) is 5.99. The van der Waals surface area contributed by atoms with Crippen molar-refractivity contribution < 1.29 is 9.53 Å². The monoisotopic (exact) mass is 280 g/mol. The van der Waals surface area contributed by atoms with Crippen LogP contribution in [0.4, 0.5) is 0 Å². The molecule has 2 aliphatic heterocycles. The molecule has 2 aliphatic carbocycles. The van der Waals surface area contributed by atoms with Gasteiger partial charge in [0.05, 0.1) is 5.71 Å². The van der Waals surface area contributed by atoms with Crippen molar-refractivity contribution in [2.24, 2.45) is 21.8 Å². The Hall–Kier alpha value is -2.23. The van der Waals surface area contributed by atoms with Crippen molar-refractivity contribution in [2.75, 3.05) is 0 Å². The molecule has 0 N–H and O–H groups in total. The molecule has 0 aromatic heterocycles. The number of carbonyl (C=O) groups is 1. The zero-order chi connectivity index (χ0) is 14.6. The zero-order valence-electron chi connectivity index (χ0n) is 12.1. The Morgan fingerprint density at radius 3 is 2.43 bits per heavy atom. The molecule has 2 atom stereocenters. The van der Waals surface area contributed by atoms with Crippen molar-refractivity contribution in [1.29, 1.82) is 0 Å². The van der Waals surface area contributed by atoms with Crippen LogP contribution in [0.3, 0.4) is 0 Å². The lowest BCUT2D eigenvalue weighted by atomic mass is 10.0. The van der Waals surface area contributed by atoms with Crippen LogP contribution in [0.15, 0.2) is 57.0 Å². The maximum absolute atomic E-state index is 12.6. The van der Waals surface area contributed by atoms with Crippen LogP contribution in [0.25, 0.3) is 0 Å². The number of carbonyl (C=O) groups excluding carboxylic acids is 1. The minimum atomic E-state index is -0.231. The highest BCUT2D eigenvalue weighted by atomic mass is 16.5. The van der Waals surface area contributed by atoms with Gasteiger partial charge in [-0.25, -0.2) is 4.79 Å². The lowest BCUT2D eigenvalue weighted by molar-refractivity contribution is -0.136. The number of fused-ring (bicyclic) bond motifs is 2. The normalized spacial score (nSPS) is 29.0. The topological polar surface area (TPSA) is 51.0 Å². The van der Waals surface area contributed by atoms with Crippen LogP contribution in [0, 0.1) is 11.8 Å². The van der Waals surface area contributed by atoms with E-state index >= 15 is 0 Å². The van der Waals surface area contributed by atoms with Gasteiger partial charge >= 0.3 is 5.97 Å². The van der Waals surface area contributed by atoms with Gasteiger partial charge in [0.2, 0.25) is 0 Å². The highest BCUT2D eigenvalue weighted by molar-refractivity contribution is 6.14. The van der Waals surface area contributed by atoms with E-state index in [0.29, 0.717) is 0 Å². The summed E-state index contributed by atoms with van der Waals surface area (Å²) in [6.45, 7) is 4.12. The number of hydrogen-bond donors (Lipinski definition) is 0. The molecule has 0 aromatic carbocycles. The minimum Gasteiger partial charge on any atom is -0.427 e. The van der Waals surface area contributed by atoms with Crippen LogP contribution in [0.5, 0.6) is 0 Å². The second-order valence-electron chi connectivity index (χ2n) is 5.99. The van der Waals surface area contributed by atoms with E-state index in [-0.39, 0.29) is 17.8 Å². The Morgan fingerprint density at radius 2 is 1.67 bits per heavy atom. The molecular formula is C17H16N2O2. The number of rotatable bonds is 2. The van der Waals surface area contributed by atoms with E-state index in [9.17, 15) is 4.79 Å².